The number of hydrogen-bond donors (Lipinski definition) is 0. The molecular weight excluding hydrogens is 660 g/mol. The third-order valence-corrected chi connectivity index (χ3v) is 6.57. The maximum absolute atomic E-state index is 5.38. The molecular formula is C28H20PtS4. The Bertz CT molecular complexity index is 982. The van der Waals surface area contributed by atoms with Gasteiger partial charge in [0.05, 0.1) is 0 Å². The minimum Gasteiger partial charge on any atom is -0.781 e. The summed E-state index contributed by atoms with van der Waals surface area (Å²) in [6.07, 6.45) is 0. The summed E-state index contributed by atoms with van der Waals surface area (Å²) in [5.41, 5.74) is 4.02. The summed E-state index contributed by atoms with van der Waals surface area (Å²) in [5, 5.41) is 0. The average Bonchev–Trinajstić information content (AvgIpc) is 2.89. The molecule has 0 saturated carbocycles. The van der Waals surface area contributed by atoms with Crippen molar-refractivity contribution in [2.45, 2.75) is 0 Å². The van der Waals surface area contributed by atoms with E-state index >= 15 is 0 Å². The second-order valence-electron chi connectivity index (χ2n) is 6.78. The van der Waals surface area contributed by atoms with Crippen molar-refractivity contribution in [2.24, 2.45) is 0 Å². The van der Waals surface area contributed by atoms with Crippen LogP contribution in [0.1, 0.15) is 22.3 Å². The summed E-state index contributed by atoms with van der Waals surface area (Å²) >= 11 is 21.5. The zero-order valence-electron chi connectivity index (χ0n) is 17.5. The van der Waals surface area contributed by atoms with Crippen LogP contribution in [0.3, 0.4) is 0 Å². The number of benzene rings is 4. The quantitative estimate of drug-likeness (QED) is 0.165. The fourth-order valence-electron chi connectivity index (χ4n) is 2.88. The molecule has 0 aliphatic heterocycles. The minimum atomic E-state index is 0. The van der Waals surface area contributed by atoms with E-state index in [1.165, 1.54) is 0 Å². The Morgan fingerprint density at radius 1 is 0.303 bits per heavy atom. The van der Waals surface area contributed by atoms with E-state index in [9.17, 15) is 0 Å². The second-order valence-corrected chi connectivity index (χ2v) is 8.41. The number of hydrogen-bond acceptors (Lipinski definition) is 4. The molecule has 166 valence electrons. The Kier molecular flexibility index (Phi) is 11.7. The van der Waals surface area contributed by atoms with Gasteiger partial charge in [-0.1, -0.05) is 121 Å². The Hall–Kier alpha value is -2.07. The van der Waals surface area contributed by atoms with E-state index in [4.69, 9.17) is 50.5 Å². The van der Waals surface area contributed by atoms with E-state index in [0.717, 1.165) is 41.9 Å². The standard InChI is InChI=1S/2C14H12S2.Pt/c2*15-13(11-7-3-1-4-8-11)14(16)12-9-5-2-6-10-12;/h2*1-10,15-16H;/q;;+4/p-4/b2*14-13+;. The first-order chi connectivity index (χ1) is 15.6. The van der Waals surface area contributed by atoms with E-state index in [1.807, 2.05) is 121 Å². The van der Waals surface area contributed by atoms with Gasteiger partial charge in [-0.3, -0.25) is 0 Å². The van der Waals surface area contributed by atoms with Crippen molar-refractivity contribution in [3.63, 3.8) is 0 Å². The molecule has 0 heterocycles. The van der Waals surface area contributed by atoms with Gasteiger partial charge in [0, 0.05) is 0 Å². The van der Waals surface area contributed by atoms with Crippen LogP contribution in [0.25, 0.3) is 19.6 Å². The molecule has 5 heteroatoms. The van der Waals surface area contributed by atoms with Crippen molar-refractivity contribution in [1.82, 2.24) is 0 Å². The van der Waals surface area contributed by atoms with Gasteiger partial charge in [-0.05, 0) is 22.3 Å². The van der Waals surface area contributed by atoms with E-state index in [1.54, 1.807) is 0 Å². The average molecular weight is 680 g/mol. The van der Waals surface area contributed by atoms with Gasteiger partial charge in [-0.2, -0.15) is 19.6 Å². The Labute approximate surface area is 233 Å². The molecule has 0 saturated heterocycles. The Morgan fingerprint density at radius 2 is 0.455 bits per heavy atom. The first kappa shape index (κ1) is 27.2. The normalized spacial score (nSPS) is 11.6. The maximum atomic E-state index is 5.38. The summed E-state index contributed by atoms with van der Waals surface area (Å²) in [7, 11) is 0. The van der Waals surface area contributed by atoms with E-state index in [-0.39, 0.29) is 21.1 Å². The van der Waals surface area contributed by atoms with Crippen LogP contribution < -0.4 is 0 Å². The van der Waals surface area contributed by atoms with Crippen molar-refractivity contribution >= 4 is 70.1 Å². The van der Waals surface area contributed by atoms with Crippen molar-refractivity contribution in [2.75, 3.05) is 0 Å². The molecule has 33 heavy (non-hydrogen) atoms. The van der Waals surface area contributed by atoms with Gasteiger partial charge in [0.15, 0.2) is 0 Å². The fourth-order valence-corrected chi connectivity index (χ4v) is 3.90. The van der Waals surface area contributed by atoms with Crippen LogP contribution in [0.15, 0.2) is 121 Å². The second kappa shape index (κ2) is 14.2. The van der Waals surface area contributed by atoms with E-state index in [0.29, 0.717) is 0 Å². The zero-order chi connectivity index (χ0) is 22.8. The van der Waals surface area contributed by atoms with Gasteiger partial charge in [0.2, 0.25) is 0 Å². The van der Waals surface area contributed by atoms with E-state index < -0.39 is 0 Å². The summed E-state index contributed by atoms with van der Waals surface area (Å²) in [6.45, 7) is 0. The zero-order valence-corrected chi connectivity index (χ0v) is 23.0. The molecule has 4 rings (SSSR count). The summed E-state index contributed by atoms with van der Waals surface area (Å²) in [5.74, 6) is 0. The molecule has 0 fully saturated rings. The predicted octanol–water partition coefficient (Wildman–Crippen LogP) is 7.21. The third kappa shape index (κ3) is 8.03. The van der Waals surface area contributed by atoms with Crippen molar-refractivity contribution in [1.29, 1.82) is 0 Å². The Balaban J connectivity index is 0.000000227. The molecule has 0 nitrogen and oxygen atoms in total. The van der Waals surface area contributed by atoms with Crippen LogP contribution in [-0.2, 0) is 71.6 Å². The molecule has 4 aromatic carbocycles. The van der Waals surface area contributed by atoms with Gasteiger partial charge in [-0.15, -0.1) is 0 Å². The third-order valence-electron chi connectivity index (χ3n) is 4.56. The van der Waals surface area contributed by atoms with Gasteiger partial charge in [0.1, 0.15) is 0 Å². The maximum Gasteiger partial charge on any atom is 4.00 e. The smallest absolute Gasteiger partial charge is 0.781 e. The first-order valence-electron chi connectivity index (χ1n) is 9.96. The van der Waals surface area contributed by atoms with Gasteiger partial charge >= 0.3 is 21.1 Å². The summed E-state index contributed by atoms with van der Waals surface area (Å²) in [6, 6.07) is 39.5. The molecule has 0 aliphatic rings. The SMILES string of the molecule is [Pt+4].[S-]/C(=C(/[S-])c1ccccc1)c1ccccc1.[S-]/C(=C(/[S-])c1ccccc1)c1ccccc1. The summed E-state index contributed by atoms with van der Waals surface area (Å²) in [4.78, 5) is 2.95. The van der Waals surface area contributed by atoms with Crippen LogP contribution in [0.2, 0.25) is 0 Å². The predicted molar refractivity (Wildman–Crippen MR) is 149 cm³/mol. The molecule has 0 amide bonds. The van der Waals surface area contributed by atoms with Crippen LogP contribution >= 0.6 is 0 Å². The molecule has 0 aromatic heterocycles. The minimum absolute atomic E-state index is 0. The molecule has 0 bridgehead atoms. The van der Waals surface area contributed by atoms with Crippen molar-refractivity contribution in [3.8, 4) is 0 Å². The van der Waals surface area contributed by atoms with Crippen molar-refractivity contribution < 1.29 is 21.1 Å². The topological polar surface area (TPSA) is 0 Å². The van der Waals surface area contributed by atoms with Crippen LogP contribution in [-0.4, -0.2) is 0 Å². The van der Waals surface area contributed by atoms with Crippen LogP contribution in [0, 0.1) is 0 Å². The first-order valence-corrected chi connectivity index (χ1v) is 11.6. The van der Waals surface area contributed by atoms with E-state index in [2.05, 4.69) is 0 Å². The Morgan fingerprint density at radius 3 is 0.606 bits per heavy atom. The molecule has 0 aliphatic carbocycles. The summed E-state index contributed by atoms with van der Waals surface area (Å²) < 4.78 is 0. The molecule has 0 atom stereocenters. The number of rotatable bonds is 4. The largest absolute Gasteiger partial charge is 4.00 e. The fraction of sp³-hybridized carbons (Fsp3) is 0. The van der Waals surface area contributed by atoms with Gasteiger partial charge in [0.25, 0.3) is 0 Å². The van der Waals surface area contributed by atoms with Crippen molar-refractivity contribution in [3.05, 3.63) is 144 Å². The monoisotopic (exact) mass is 679 g/mol. The molecule has 0 N–H and O–H groups in total. The van der Waals surface area contributed by atoms with Crippen LogP contribution in [0.5, 0.6) is 0 Å². The molecule has 0 unspecified atom stereocenters. The van der Waals surface area contributed by atoms with Crippen LogP contribution in [0.4, 0.5) is 0 Å². The van der Waals surface area contributed by atoms with Gasteiger partial charge < -0.3 is 50.5 Å². The van der Waals surface area contributed by atoms with Gasteiger partial charge in [-0.25, -0.2) is 0 Å². The molecule has 0 radical (unpaired) electrons. The molecule has 0 spiro atoms. The molecule has 4 aromatic rings.